The second-order valence-electron chi connectivity index (χ2n) is 12.7. The third kappa shape index (κ3) is 6.42. The highest BCUT2D eigenvalue weighted by Gasteiger charge is 2.42. The summed E-state index contributed by atoms with van der Waals surface area (Å²) in [6.07, 6.45) is 1.09. The number of esters is 1. The summed E-state index contributed by atoms with van der Waals surface area (Å²) in [6, 6.07) is 48.5. The Morgan fingerprint density at radius 2 is 1.31 bits per heavy atom. The molecular formula is C43H40N6O3. The predicted octanol–water partition coefficient (Wildman–Crippen LogP) is 7.45. The van der Waals surface area contributed by atoms with Crippen molar-refractivity contribution >= 4 is 5.97 Å². The minimum absolute atomic E-state index is 0.292. The van der Waals surface area contributed by atoms with E-state index in [1.54, 1.807) is 6.92 Å². The Kier molecular flexibility index (Phi) is 10.1. The SMILES string of the molecule is CCCc1nc(Cc2ccccc2-c2nnnn2C(c2ccccc2)(c2ccccc2)c2ccccc2)c(C(=O)OC(C)CO)n1-c1ccccc1. The van der Waals surface area contributed by atoms with E-state index in [-0.39, 0.29) is 6.61 Å². The Labute approximate surface area is 303 Å². The van der Waals surface area contributed by atoms with Crippen LogP contribution in [0.25, 0.3) is 17.1 Å². The first-order valence-electron chi connectivity index (χ1n) is 17.6. The van der Waals surface area contributed by atoms with Gasteiger partial charge in [0.25, 0.3) is 0 Å². The van der Waals surface area contributed by atoms with Crippen LogP contribution < -0.4 is 0 Å². The molecule has 0 aliphatic rings. The summed E-state index contributed by atoms with van der Waals surface area (Å²) in [5, 5.41) is 23.5. The van der Waals surface area contributed by atoms with Crippen LogP contribution >= 0.6 is 0 Å². The zero-order valence-corrected chi connectivity index (χ0v) is 29.2. The summed E-state index contributed by atoms with van der Waals surface area (Å²) in [7, 11) is 0. The number of aryl methyl sites for hydroxylation is 1. The number of tetrazole rings is 1. The van der Waals surface area contributed by atoms with Crippen molar-refractivity contribution in [3.63, 3.8) is 0 Å². The number of hydrogen-bond acceptors (Lipinski definition) is 7. The maximum atomic E-state index is 14.0. The van der Waals surface area contributed by atoms with Gasteiger partial charge in [-0.15, -0.1) is 5.10 Å². The minimum atomic E-state index is -0.936. The highest BCUT2D eigenvalue weighted by atomic mass is 16.6. The first-order chi connectivity index (χ1) is 25.6. The number of nitrogens with zero attached hydrogens (tertiary/aromatic N) is 6. The molecule has 9 nitrogen and oxygen atoms in total. The van der Waals surface area contributed by atoms with Crippen molar-refractivity contribution in [2.24, 2.45) is 0 Å². The maximum absolute atomic E-state index is 14.0. The van der Waals surface area contributed by atoms with Gasteiger partial charge < -0.3 is 9.84 Å². The molecule has 0 fully saturated rings. The molecular weight excluding hydrogens is 649 g/mol. The highest BCUT2D eigenvalue weighted by Crippen LogP contribution is 2.42. The fourth-order valence-corrected chi connectivity index (χ4v) is 6.93. The van der Waals surface area contributed by atoms with Gasteiger partial charge in [-0.1, -0.05) is 140 Å². The molecule has 52 heavy (non-hydrogen) atoms. The van der Waals surface area contributed by atoms with E-state index in [2.05, 4.69) is 48.5 Å². The molecule has 0 bridgehead atoms. The lowest BCUT2D eigenvalue weighted by Crippen LogP contribution is -2.39. The molecule has 2 aromatic heterocycles. The van der Waals surface area contributed by atoms with E-state index in [4.69, 9.17) is 20.0 Å². The fraction of sp³-hybridized carbons (Fsp3) is 0.186. The summed E-state index contributed by atoms with van der Waals surface area (Å²) in [5.41, 5.74) is 5.43. The van der Waals surface area contributed by atoms with Crippen LogP contribution in [0.15, 0.2) is 146 Å². The number of aliphatic hydroxyl groups excluding tert-OH is 1. The van der Waals surface area contributed by atoms with Crippen LogP contribution in [-0.2, 0) is 23.1 Å². The quantitative estimate of drug-likeness (QED) is 0.0991. The van der Waals surface area contributed by atoms with Gasteiger partial charge in [0.05, 0.1) is 12.3 Å². The van der Waals surface area contributed by atoms with E-state index in [0.717, 1.165) is 45.7 Å². The van der Waals surface area contributed by atoms with Crippen molar-refractivity contribution in [1.29, 1.82) is 0 Å². The zero-order valence-electron chi connectivity index (χ0n) is 29.2. The van der Waals surface area contributed by atoms with E-state index < -0.39 is 17.6 Å². The number of imidazole rings is 1. The van der Waals surface area contributed by atoms with Gasteiger partial charge in [-0.25, -0.2) is 14.5 Å². The molecule has 260 valence electrons. The molecule has 9 heteroatoms. The van der Waals surface area contributed by atoms with Crippen molar-refractivity contribution in [3.8, 4) is 17.1 Å². The summed E-state index contributed by atoms with van der Waals surface area (Å²) >= 11 is 0. The average Bonchev–Trinajstić information content (AvgIpc) is 3.82. The largest absolute Gasteiger partial charge is 0.455 e. The summed E-state index contributed by atoms with van der Waals surface area (Å²) < 4.78 is 9.55. The van der Waals surface area contributed by atoms with Crippen LogP contribution in [0.5, 0.6) is 0 Å². The van der Waals surface area contributed by atoms with Gasteiger partial charge in [0.1, 0.15) is 17.5 Å². The van der Waals surface area contributed by atoms with Gasteiger partial charge in [0.2, 0.25) is 0 Å². The van der Waals surface area contributed by atoms with Gasteiger partial charge in [-0.05, 0) is 58.2 Å². The number of aliphatic hydroxyl groups is 1. The molecule has 0 saturated carbocycles. The molecule has 0 aliphatic carbocycles. The zero-order chi connectivity index (χ0) is 35.9. The van der Waals surface area contributed by atoms with Crippen LogP contribution in [0.2, 0.25) is 0 Å². The van der Waals surface area contributed by atoms with Crippen molar-refractivity contribution in [3.05, 3.63) is 185 Å². The molecule has 7 aromatic rings. The lowest BCUT2D eigenvalue weighted by molar-refractivity contribution is 0.0187. The van der Waals surface area contributed by atoms with Gasteiger partial charge >= 0.3 is 5.97 Å². The van der Waals surface area contributed by atoms with E-state index in [1.165, 1.54) is 0 Å². The van der Waals surface area contributed by atoms with Crippen molar-refractivity contribution in [2.45, 2.75) is 44.8 Å². The first-order valence-corrected chi connectivity index (χ1v) is 17.6. The Bertz CT molecular complexity index is 2140. The number of para-hydroxylation sites is 1. The number of hydrogen-bond donors (Lipinski definition) is 1. The van der Waals surface area contributed by atoms with Crippen LogP contribution in [0.1, 0.15) is 64.5 Å². The molecule has 0 radical (unpaired) electrons. The normalized spacial score (nSPS) is 12.1. The predicted molar refractivity (Wildman–Crippen MR) is 200 cm³/mol. The Morgan fingerprint density at radius 3 is 1.87 bits per heavy atom. The summed E-state index contributed by atoms with van der Waals surface area (Å²) in [4.78, 5) is 19.1. The number of ether oxygens (including phenoxy) is 1. The van der Waals surface area contributed by atoms with Crippen LogP contribution in [0, 0.1) is 0 Å². The third-order valence-electron chi connectivity index (χ3n) is 9.24. The Balaban J connectivity index is 1.43. The van der Waals surface area contributed by atoms with Gasteiger partial charge in [-0.3, -0.25) is 4.57 Å². The smallest absolute Gasteiger partial charge is 0.357 e. The standard InChI is InChI=1S/C43H40N6O3/c1-3-18-39-44-38(40(42(51)52-31(2)30-50)48(39)36-26-14-7-15-27-36)29-32-19-16-17-28-37(32)41-45-46-47-49(41)43(33-20-8-4-9-21-33,34-22-10-5-11-23-34)35-24-12-6-13-25-35/h4-17,19-28,31,50H,3,18,29-30H2,1-2H3. The first kappa shape index (κ1) is 34.3. The highest BCUT2D eigenvalue weighted by molar-refractivity contribution is 5.90. The van der Waals surface area contributed by atoms with Crippen molar-refractivity contribution in [2.75, 3.05) is 6.61 Å². The second kappa shape index (κ2) is 15.4. The van der Waals surface area contributed by atoms with E-state index in [0.29, 0.717) is 30.1 Å². The maximum Gasteiger partial charge on any atom is 0.357 e. The topological polar surface area (TPSA) is 108 Å². The van der Waals surface area contributed by atoms with Gasteiger partial charge in [0, 0.05) is 24.1 Å². The molecule has 1 atom stereocenters. The Morgan fingerprint density at radius 1 is 0.769 bits per heavy atom. The van der Waals surface area contributed by atoms with Gasteiger partial charge in [-0.2, -0.15) is 0 Å². The lowest BCUT2D eigenvalue weighted by atomic mass is 9.77. The third-order valence-corrected chi connectivity index (χ3v) is 9.24. The molecule has 0 spiro atoms. The number of rotatable bonds is 13. The van der Waals surface area contributed by atoms with Gasteiger partial charge in [0.15, 0.2) is 11.5 Å². The minimum Gasteiger partial charge on any atom is -0.455 e. The van der Waals surface area contributed by atoms with E-state index in [1.807, 2.05) is 118 Å². The van der Waals surface area contributed by atoms with Crippen LogP contribution in [-0.4, -0.2) is 53.5 Å². The van der Waals surface area contributed by atoms with E-state index >= 15 is 0 Å². The molecule has 1 unspecified atom stereocenters. The van der Waals surface area contributed by atoms with Crippen molar-refractivity contribution < 1.29 is 14.6 Å². The molecule has 2 heterocycles. The molecule has 0 saturated heterocycles. The van der Waals surface area contributed by atoms with E-state index in [9.17, 15) is 9.90 Å². The monoisotopic (exact) mass is 688 g/mol. The number of benzene rings is 5. The summed E-state index contributed by atoms with van der Waals surface area (Å²) in [6.45, 7) is 3.46. The lowest BCUT2D eigenvalue weighted by Gasteiger charge is -2.36. The summed E-state index contributed by atoms with van der Waals surface area (Å²) in [5.74, 6) is 0.765. The van der Waals surface area contributed by atoms with Crippen molar-refractivity contribution in [1.82, 2.24) is 29.8 Å². The second-order valence-corrected chi connectivity index (χ2v) is 12.7. The molecule has 0 aliphatic heterocycles. The van der Waals surface area contributed by atoms with Crippen LogP contribution in [0.4, 0.5) is 0 Å². The van der Waals surface area contributed by atoms with Crippen LogP contribution in [0.3, 0.4) is 0 Å². The number of aromatic nitrogens is 6. The number of carbonyl (C=O) groups is 1. The molecule has 0 amide bonds. The fourth-order valence-electron chi connectivity index (χ4n) is 6.93. The molecule has 5 aromatic carbocycles. The Hall–Kier alpha value is -6.19. The number of carbonyl (C=O) groups excluding carboxylic acids is 1. The average molecular weight is 689 g/mol. The molecule has 7 rings (SSSR count). The molecule has 1 N–H and O–H groups in total.